The lowest BCUT2D eigenvalue weighted by molar-refractivity contribution is 0.121. The molecule has 42 valence electrons. The molecule has 0 spiro atoms. The van der Waals surface area contributed by atoms with Gasteiger partial charge in [0.2, 0.25) is 6.43 Å². The number of alkyl halides is 2. The molecule has 0 aromatic carbocycles. The Bertz CT molecular complexity index is 74.1. The van der Waals surface area contributed by atoms with Crippen LogP contribution in [-0.4, -0.2) is 12.5 Å². The average molecular weight is 107 g/mol. The van der Waals surface area contributed by atoms with E-state index in [-0.39, 0.29) is 6.04 Å². The minimum atomic E-state index is -2.19. The van der Waals surface area contributed by atoms with Crippen LogP contribution in [0.5, 0.6) is 0 Å². The van der Waals surface area contributed by atoms with Crippen molar-refractivity contribution in [3.05, 3.63) is 0 Å². The Labute approximate surface area is 40.5 Å². The summed E-state index contributed by atoms with van der Waals surface area (Å²) in [5.41, 5.74) is 5.09. The van der Waals surface area contributed by atoms with Gasteiger partial charge in [0.05, 0.1) is 0 Å². The minimum absolute atomic E-state index is 0.208. The first kappa shape index (κ1) is 4.97. The van der Waals surface area contributed by atoms with E-state index in [1.807, 2.05) is 0 Å². The van der Waals surface area contributed by atoms with E-state index in [2.05, 4.69) is 0 Å². The van der Waals surface area contributed by atoms with Crippen LogP contribution in [0.2, 0.25) is 0 Å². The SMILES string of the molecule is N[C@@H]1C[C@@H]1C(F)F. The second kappa shape index (κ2) is 1.40. The molecule has 0 amide bonds. The first-order valence-corrected chi connectivity index (χ1v) is 2.25. The predicted octanol–water partition coefficient (Wildman–Crippen LogP) is 0.599. The van der Waals surface area contributed by atoms with E-state index < -0.39 is 12.3 Å². The van der Waals surface area contributed by atoms with Gasteiger partial charge in [0.1, 0.15) is 0 Å². The minimum Gasteiger partial charge on any atom is -0.327 e. The van der Waals surface area contributed by atoms with Crippen LogP contribution in [0.3, 0.4) is 0 Å². The number of hydrogen-bond donors (Lipinski definition) is 1. The number of halogens is 2. The Hall–Kier alpha value is -0.180. The maximum atomic E-state index is 11.4. The second-order valence-corrected chi connectivity index (χ2v) is 1.90. The van der Waals surface area contributed by atoms with Gasteiger partial charge in [-0.05, 0) is 6.42 Å². The highest BCUT2D eigenvalue weighted by Crippen LogP contribution is 2.33. The number of nitrogens with two attached hydrogens (primary N) is 1. The zero-order valence-corrected chi connectivity index (χ0v) is 3.77. The monoisotopic (exact) mass is 107 g/mol. The summed E-state index contributed by atoms with van der Waals surface area (Å²) in [5.74, 6) is -0.486. The fraction of sp³-hybridized carbons (Fsp3) is 1.00. The highest BCUT2D eigenvalue weighted by molar-refractivity contribution is 4.91. The fourth-order valence-electron chi connectivity index (χ4n) is 0.525. The van der Waals surface area contributed by atoms with Crippen molar-refractivity contribution in [2.75, 3.05) is 0 Å². The van der Waals surface area contributed by atoms with Gasteiger partial charge < -0.3 is 5.73 Å². The Morgan fingerprint density at radius 2 is 2.00 bits per heavy atom. The molecule has 1 aliphatic carbocycles. The van der Waals surface area contributed by atoms with E-state index in [1.54, 1.807) is 0 Å². The zero-order valence-electron chi connectivity index (χ0n) is 3.77. The third-order valence-corrected chi connectivity index (χ3v) is 1.21. The summed E-state index contributed by atoms with van der Waals surface area (Å²) in [4.78, 5) is 0. The van der Waals surface area contributed by atoms with Crippen LogP contribution >= 0.6 is 0 Å². The summed E-state index contributed by atoms with van der Waals surface area (Å²) < 4.78 is 22.8. The van der Waals surface area contributed by atoms with E-state index in [0.717, 1.165) is 0 Å². The molecule has 0 radical (unpaired) electrons. The molecule has 0 unspecified atom stereocenters. The fourth-order valence-corrected chi connectivity index (χ4v) is 0.525. The van der Waals surface area contributed by atoms with Crippen molar-refractivity contribution >= 4 is 0 Å². The van der Waals surface area contributed by atoms with Gasteiger partial charge in [0.25, 0.3) is 0 Å². The molecule has 0 aromatic rings. The summed E-state index contributed by atoms with van der Waals surface area (Å²) in [5, 5.41) is 0. The molecule has 1 fully saturated rings. The van der Waals surface area contributed by atoms with Gasteiger partial charge in [-0.1, -0.05) is 0 Å². The number of hydrogen-bond acceptors (Lipinski definition) is 1. The number of rotatable bonds is 1. The van der Waals surface area contributed by atoms with Crippen molar-refractivity contribution in [2.45, 2.75) is 18.9 Å². The molecular formula is C4H7F2N. The molecule has 1 nitrogen and oxygen atoms in total. The zero-order chi connectivity index (χ0) is 5.44. The molecule has 2 atom stereocenters. The largest absolute Gasteiger partial charge is 0.327 e. The van der Waals surface area contributed by atoms with Crippen molar-refractivity contribution in [1.29, 1.82) is 0 Å². The lowest BCUT2D eigenvalue weighted by Gasteiger charge is -1.88. The van der Waals surface area contributed by atoms with Crippen molar-refractivity contribution in [3.63, 3.8) is 0 Å². The smallest absolute Gasteiger partial charge is 0.242 e. The third kappa shape index (κ3) is 0.881. The van der Waals surface area contributed by atoms with Gasteiger partial charge in [-0.3, -0.25) is 0 Å². The van der Waals surface area contributed by atoms with Crippen LogP contribution in [-0.2, 0) is 0 Å². The second-order valence-electron chi connectivity index (χ2n) is 1.90. The molecular weight excluding hydrogens is 100 g/mol. The molecule has 1 saturated carbocycles. The van der Waals surface area contributed by atoms with Gasteiger partial charge in [-0.25, -0.2) is 8.78 Å². The van der Waals surface area contributed by atoms with Gasteiger partial charge in [-0.2, -0.15) is 0 Å². The Balaban J connectivity index is 2.20. The van der Waals surface area contributed by atoms with Gasteiger partial charge in [0.15, 0.2) is 0 Å². The van der Waals surface area contributed by atoms with Gasteiger partial charge in [0, 0.05) is 12.0 Å². The summed E-state index contributed by atoms with van der Waals surface area (Å²) in [6.07, 6.45) is -1.67. The molecule has 1 rings (SSSR count). The molecule has 2 N–H and O–H groups in total. The molecule has 3 heteroatoms. The lowest BCUT2D eigenvalue weighted by Crippen LogP contribution is -2.06. The predicted molar refractivity (Wildman–Crippen MR) is 22.1 cm³/mol. The topological polar surface area (TPSA) is 26.0 Å². The van der Waals surface area contributed by atoms with Crippen molar-refractivity contribution in [3.8, 4) is 0 Å². The third-order valence-electron chi connectivity index (χ3n) is 1.21. The average Bonchev–Trinajstić information content (AvgIpc) is 2.17. The maximum Gasteiger partial charge on any atom is 0.242 e. The molecule has 0 aliphatic heterocycles. The van der Waals surface area contributed by atoms with Crippen LogP contribution < -0.4 is 5.73 Å². The van der Waals surface area contributed by atoms with E-state index in [1.165, 1.54) is 0 Å². The highest BCUT2D eigenvalue weighted by atomic mass is 19.3. The lowest BCUT2D eigenvalue weighted by atomic mass is 10.4. The van der Waals surface area contributed by atoms with Crippen molar-refractivity contribution in [2.24, 2.45) is 11.7 Å². The maximum absolute atomic E-state index is 11.4. The van der Waals surface area contributed by atoms with Crippen molar-refractivity contribution in [1.82, 2.24) is 0 Å². The van der Waals surface area contributed by atoms with Gasteiger partial charge in [-0.15, -0.1) is 0 Å². The quantitative estimate of drug-likeness (QED) is 0.521. The Kier molecular flexibility index (Phi) is 0.995. The van der Waals surface area contributed by atoms with Crippen LogP contribution in [0.25, 0.3) is 0 Å². The Morgan fingerprint density at radius 3 is 2.00 bits per heavy atom. The van der Waals surface area contributed by atoms with Crippen LogP contribution in [0.15, 0.2) is 0 Å². The normalized spacial score (nSPS) is 39.4. The van der Waals surface area contributed by atoms with Crippen LogP contribution in [0.1, 0.15) is 6.42 Å². The van der Waals surface area contributed by atoms with E-state index in [4.69, 9.17) is 5.73 Å². The molecule has 1 aliphatic rings. The highest BCUT2D eigenvalue weighted by Gasteiger charge is 2.40. The molecule has 0 heterocycles. The first-order valence-electron chi connectivity index (χ1n) is 2.25. The van der Waals surface area contributed by atoms with E-state index >= 15 is 0 Å². The molecule has 0 saturated heterocycles. The van der Waals surface area contributed by atoms with Crippen LogP contribution in [0.4, 0.5) is 8.78 Å². The molecule has 0 aromatic heterocycles. The van der Waals surface area contributed by atoms with Gasteiger partial charge >= 0.3 is 0 Å². The summed E-state index contributed by atoms with van der Waals surface area (Å²) in [7, 11) is 0. The molecule has 0 bridgehead atoms. The van der Waals surface area contributed by atoms with E-state index in [0.29, 0.717) is 6.42 Å². The summed E-state index contributed by atoms with van der Waals surface area (Å²) in [6, 6.07) is -0.208. The van der Waals surface area contributed by atoms with Crippen molar-refractivity contribution < 1.29 is 8.78 Å². The van der Waals surface area contributed by atoms with Crippen LogP contribution in [0, 0.1) is 5.92 Å². The standard InChI is InChI=1S/C4H7F2N/c5-4(6)2-1-3(2)7/h2-4H,1,7H2/t2-,3+/m0/s1. The van der Waals surface area contributed by atoms with E-state index in [9.17, 15) is 8.78 Å². The summed E-state index contributed by atoms with van der Waals surface area (Å²) in [6.45, 7) is 0. The Morgan fingerprint density at radius 1 is 1.57 bits per heavy atom. The summed E-state index contributed by atoms with van der Waals surface area (Å²) >= 11 is 0. The molecule has 7 heavy (non-hydrogen) atoms. The first-order chi connectivity index (χ1) is 3.22.